The molecule has 148 valence electrons. The molecule has 0 unspecified atom stereocenters. The van der Waals surface area contributed by atoms with Crippen molar-refractivity contribution in [2.24, 2.45) is 0 Å². The van der Waals surface area contributed by atoms with E-state index in [0.29, 0.717) is 12.8 Å². The quantitative estimate of drug-likeness (QED) is 0.265. The molecule has 4 nitrogen and oxygen atoms in total. The zero-order valence-corrected chi connectivity index (χ0v) is 27.4. The number of rotatable bonds is 4. The molecule has 0 fully saturated rings. The smallest absolute Gasteiger partial charge is 0 e. The Morgan fingerprint density at radius 3 is 0.885 bits per heavy atom. The normalized spacial score (nSPS) is 5.69. The third-order valence-corrected chi connectivity index (χ3v) is 0.954. The van der Waals surface area contributed by atoms with Gasteiger partial charge in [0.25, 0.3) is 0 Å². The van der Waals surface area contributed by atoms with Crippen LogP contribution in [0.3, 0.4) is 0 Å². The van der Waals surface area contributed by atoms with Gasteiger partial charge in [0.05, 0.1) is 0 Å². The van der Waals surface area contributed by atoms with E-state index >= 15 is 0 Å². The Morgan fingerprint density at radius 2 is 0.885 bits per heavy atom. The molecule has 0 heterocycles. The van der Waals surface area contributed by atoms with E-state index in [-0.39, 0.29) is 109 Å². The summed E-state index contributed by atoms with van der Waals surface area (Å²) in [6.07, 6.45) is 6.39. The minimum atomic E-state index is -0.556. The summed E-state index contributed by atoms with van der Waals surface area (Å²) in [7, 11) is 9.78. The minimum Gasteiger partial charge on any atom is 0 e. The molecule has 0 spiro atoms. The zero-order chi connectivity index (χ0) is 18.1. The molecule has 12 heteroatoms. The summed E-state index contributed by atoms with van der Waals surface area (Å²) in [5.74, 6) is -0.921. The molecule has 0 aromatic carbocycles. The van der Waals surface area contributed by atoms with Crippen LogP contribution in [0.5, 0.6) is 0 Å². The molecule has 0 radical (unpaired) electrons. The standard InChI is InChI=1S/2C4H9NO.2C3H7.2ClH.6Ti/c2*1-2-3-4(5)6;2*1-3-2;;;;;;;;/h2*2-3H2,1H3,(H2,5,6);2*3H,1-2H3;2*1H;;;;;;/q;;2*-1;;;;;;;2*+2/p-4. The van der Waals surface area contributed by atoms with Crippen LogP contribution in [-0.4, -0.2) is 11.8 Å². The summed E-state index contributed by atoms with van der Waals surface area (Å²) in [6.45, 7) is 11.8. The molecule has 0 bridgehead atoms. The van der Waals surface area contributed by atoms with Crippen molar-refractivity contribution in [3.05, 3.63) is 24.3 Å². The molecule has 26 heavy (non-hydrogen) atoms. The maximum atomic E-state index is 9.71. The van der Waals surface area contributed by atoms with E-state index in [2.05, 4.69) is 0 Å². The van der Waals surface area contributed by atoms with Crippen molar-refractivity contribution in [1.82, 2.24) is 0 Å². The van der Waals surface area contributed by atoms with Crippen molar-refractivity contribution in [2.45, 2.75) is 67.2 Å². The van der Waals surface area contributed by atoms with Crippen molar-refractivity contribution in [3.63, 3.8) is 0 Å². The van der Waals surface area contributed by atoms with Crippen LogP contribution in [0.4, 0.5) is 0 Å². The molecule has 0 aliphatic carbocycles. The van der Waals surface area contributed by atoms with Gasteiger partial charge >= 0.3 is 57.4 Å². The molecule has 0 atom stereocenters. The molecule has 0 saturated heterocycles. The summed E-state index contributed by atoms with van der Waals surface area (Å²) in [6, 6.07) is 0. The summed E-state index contributed by atoms with van der Waals surface area (Å²) < 4.78 is 0. The summed E-state index contributed by atoms with van der Waals surface area (Å²) in [4.78, 5) is 19.4. The average Bonchev–Trinajstić information content (AvgIpc) is 2.32. The van der Waals surface area contributed by atoms with Gasteiger partial charge in [0.2, 0.25) is 0 Å². The molecule has 2 amide bonds. The summed E-state index contributed by atoms with van der Waals surface area (Å²) in [5.41, 5.74) is 12.7. The third-order valence-electron chi connectivity index (χ3n) is 0.954. The summed E-state index contributed by atoms with van der Waals surface area (Å²) >= 11 is -0.556. The van der Waals surface area contributed by atoms with Crippen LogP contribution in [0, 0.1) is 12.8 Å². The second-order valence-corrected chi connectivity index (χ2v) is 6.15. The van der Waals surface area contributed by atoms with E-state index in [4.69, 9.17) is 30.1 Å². The molecule has 0 rings (SSSR count). The van der Waals surface area contributed by atoms with Gasteiger partial charge in [0, 0.05) is 98.7 Å². The van der Waals surface area contributed by atoms with Crippen molar-refractivity contribution in [3.8, 4) is 0 Å². The largest absolute Gasteiger partial charge is 2.00 e. The molecular formula is C14H30Cl2N2O2Ti6-2. The average molecular weight is 617 g/mol. The van der Waals surface area contributed by atoms with E-state index < -0.39 is 28.8 Å². The van der Waals surface area contributed by atoms with Gasteiger partial charge < -0.3 is 33.9 Å². The van der Waals surface area contributed by atoms with Gasteiger partial charge in [-0.25, -0.2) is 0 Å². The maximum Gasteiger partial charge on any atom is 2.00 e. The first kappa shape index (κ1) is 63.0. The monoisotopic (exact) mass is 616 g/mol. The van der Waals surface area contributed by atoms with E-state index in [0.717, 1.165) is 12.8 Å². The van der Waals surface area contributed by atoms with Crippen molar-refractivity contribution < 1.29 is 135 Å². The van der Waals surface area contributed by atoms with Crippen LogP contribution in [0.1, 0.15) is 67.2 Å². The topological polar surface area (TPSA) is 81.7 Å². The van der Waals surface area contributed by atoms with Crippen molar-refractivity contribution in [1.29, 1.82) is 0 Å². The first-order chi connectivity index (χ1) is 9.78. The van der Waals surface area contributed by atoms with Gasteiger partial charge in [0.15, 0.2) is 0 Å². The number of carbonyl (C=O) groups is 2. The van der Waals surface area contributed by atoms with Gasteiger partial charge in [0.1, 0.15) is 0 Å². The molecule has 0 aromatic rings. The Kier molecular flexibility index (Phi) is 191. The first-order valence-corrected chi connectivity index (χ1v) is 11.0. The predicted molar refractivity (Wildman–Crippen MR) is 91.5 cm³/mol. The predicted octanol–water partition coefficient (Wildman–Crippen LogP) is 6.56. The Hall–Kier alpha value is 3.81. The van der Waals surface area contributed by atoms with Crippen LogP contribution < -0.4 is 0 Å². The van der Waals surface area contributed by atoms with Gasteiger partial charge in [-0.3, -0.25) is 0 Å². The Morgan fingerprint density at radius 1 is 0.769 bits per heavy atom. The maximum absolute atomic E-state index is 9.71. The number of nitrogens with one attached hydrogen (secondary N) is 2. The molecular weight excluding hydrogens is 586 g/mol. The second kappa shape index (κ2) is 78.9. The van der Waals surface area contributed by atoms with Crippen LogP contribution in [0.25, 0.3) is 11.5 Å². The van der Waals surface area contributed by atoms with Crippen LogP contribution >= 0.6 is 18.6 Å². The van der Waals surface area contributed by atoms with Crippen LogP contribution in [-0.2, 0) is 135 Å². The SMILES string of the molecule is CCCC([NH-])=O.CCCC([NH-])=O.C[CH-]C.C[CH-]C.[Cl][Ti][Cl].[Ti+2].[Ti].[Ti].[Ti].[Ti]. The molecule has 0 aliphatic rings. The summed E-state index contributed by atoms with van der Waals surface area (Å²) in [5, 5.41) is 0. The number of amides is 2. The second-order valence-electron chi connectivity index (χ2n) is 3.57. The van der Waals surface area contributed by atoms with Crippen molar-refractivity contribution >= 4 is 30.4 Å². The fourth-order valence-electron chi connectivity index (χ4n) is 0.454. The van der Waals surface area contributed by atoms with E-state index in [1.165, 1.54) is 0 Å². The number of carbonyl (C=O) groups excluding carboxylic acids is 2. The van der Waals surface area contributed by atoms with Crippen molar-refractivity contribution in [2.75, 3.05) is 0 Å². The Bertz CT molecular complexity index is 180. The molecule has 0 saturated carbocycles. The Labute approximate surface area is 253 Å². The van der Waals surface area contributed by atoms with Gasteiger partial charge in [-0.15, -0.1) is 0 Å². The van der Waals surface area contributed by atoms with Gasteiger partial charge in [-0.1, -0.05) is 26.7 Å². The van der Waals surface area contributed by atoms with E-state index in [1.807, 2.05) is 54.4 Å². The van der Waals surface area contributed by atoms with Crippen LogP contribution in [0.15, 0.2) is 0 Å². The van der Waals surface area contributed by atoms with Gasteiger partial charge in [-0.2, -0.15) is 27.7 Å². The number of hydrogen-bond acceptors (Lipinski definition) is 2. The molecule has 0 aromatic heterocycles. The number of halogens is 2. The third kappa shape index (κ3) is 208. The molecule has 0 aliphatic heterocycles. The zero-order valence-electron chi connectivity index (χ0n) is 16.6. The van der Waals surface area contributed by atoms with E-state index in [9.17, 15) is 9.59 Å². The number of hydrogen-bond donors (Lipinski definition) is 0. The first-order valence-electron chi connectivity index (χ1n) is 6.72. The van der Waals surface area contributed by atoms with Crippen LogP contribution in [0.2, 0.25) is 0 Å². The fourth-order valence-corrected chi connectivity index (χ4v) is 0.454. The Balaban J connectivity index is -0.0000000152. The fraction of sp³-hybridized carbons (Fsp3) is 0.714. The molecule has 2 N–H and O–H groups in total. The van der Waals surface area contributed by atoms with E-state index in [1.54, 1.807) is 0 Å². The van der Waals surface area contributed by atoms with Gasteiger partial charge in [-0.05, 0) is 12.8 Å². The minimum absolute atomic E-state index is 0.